The number of methoxy groups -OCH3 is 1. The Bertz CT molecular complexity index is 1050. The van der Waals surface area contributed by atoms with Crippen molar-refractivity contribution in [3.63, 3.8) is 0 Å². The summed E-state index contributed by atoms with van der Waals surface area (Å²) in [7, 11) is 1.63. The summed E-state index contributed by atoms with van der Waals surface area (Å²) in [6.45, 7) is 3.12. The fraction of sp³-hybridized carbons (Fsp3) is 0.318. The smallest absolute Gasteiger partial charge is 0.262 e. The van der Waals surface area contributed by atoms with E-state index in [1.807, 2.05) is 42.5 Å². The maximum absolute atomic E-state index is 12.9. The van der Waals surface area contributed by atoms with Crippen molar-refractivity contribution < 1.29 is 9.53 Å². The highest BCUT2D eigenvalue weighted by Gasteiger charge is 2.13. The Morgan fingerprint density at radius 3 is 2.83 bits per heavy atom. The van der Waals surface area contributed by atoms with Gasteiger partial charge in [-0.1, -0.05) is 43.0 Å². The Kier molecular flexibility index (Phi) is 7.43. The molecule has 0 saturated carbocycles. The number of hydrogen-bond acceptors (Lipinski definition) is 5. The molecular weight excluding hydrogens is 386 g/mol. The zero-order valence-corrected chi connectivity index (χ0v) is 17.5. The van der Waals surface area contributed by atoms with Crippen LogP contribution in [0.25, 0.3) is 10.9 Å². The van der Waals surface area contributed by atoms with E-state index in [0.717, 1.165) is 12.1 Å². The van der Waals surface area contributed by atoms with Crippen LogP contribution in [0.4, 0.5) is 5.69 Å². The monoisotopic (exact) mass is 411 g/mol. The minimum Gasteiger partial charge on any atom is -0.385 e. The first kappa shape index (κ1) is 21.1. The van der Waals surface area contributed by atoms with E-state index in [0.29, 0.717) is 35.6 Å². The van der Waals surface area contributed by atoms with Crippen molar-refractivity contribution in [3.8, 4) is 0 Å². The number of aromatic nitrogens is 2. The third-order valence-electron chi connectivity index (χ3n) is 4.51. The third kappa shape index (κ3) is 5.46. The zero-order valence-electron chi connectivity index (χ0n) is 16.7. The first-order valence-corrected chi connectivity index (χ1v) is 10.6. The number of aryl methyl sites for hydroxylation is 1. The van der Waals surface area contributed by atoms with Gasteiger partial charge in [-0.25, -0.2) is 4.98 Å². The lowest BCUT2D eigenvalue weighted by Crippen LogP contribution is -2.25. The molecule has 0 saturated heterocycles. The van der Waals surface area contributed by atoms with E-state index in [1.165, 1.54) is 17.3 Å². The molecule has 1 amide bonds. The van der Waals surface area contributed by atoms with Crippen LogP contribution in [-0.4, -0.2) is 34.9 Å². The molecule has 0 spiro atoms. The third-order valence-corrected chi connectivity index (χ3v) is 5.48. The maximum Gasteiger partial charge on any atom is 0.262 e. The number of rotatable bonds is 9. The fourth-order valence-corrected chi connectivity index (χ4v) is 3.84. The lowest BCUT2D eigenvalue weighted by atomic mass is 10.1. The molecule has 0 aliphatic rings. The number of nitrogens with zero attached hydrogens (tertiary/aromatic N) is 2. The van der Waals surface area contributed by atoms with Crippen LogP contribution in [0.1, 0.15) is 18.9 Å². The fourth-order valence-electron chi connectivity index (χ4n) is 3.02. The maximum atomic E-state index is 12.9. The number of hydrogen-bond donors (Lipinski definition) is 1. The molecule has 0 unspecified atom stereocenters. The lowest BCUT2D eigenvalue weighted by Gasteiger charge is -2.13. The molecule has 3 rings (SSSR count). The average Bonchev–Trinajstić information content (AvgIpc) is 2.74. The molecule has 0 bridgehead atoms. The largest absolute Gasteiger partial charge is 0.385 e. The van der Waals surface area contributed by atoms with Crippen molar-refractivity contribution in [3.05, 3.63) is 64.4 Å². The summed E-state index contributed by atoms with van der Waals surface area (Å²) in [5.41, 5.74) is 2.49. The van der Waals surface area contributed by atoms with Crippen LogP contribution in [0.3, 0.4) is 0 Å². The minimum absolute atomic E-state index is 0.0924. The second-order valence-electron chi connectivity index (χ2n) is 6.61. The summed E-state index contributed by atoms with van der Waals surface area (Å²) in [6.07, 6.45) is 1.60. The first-order chi connectivity index (χ1) is 14.1. The van der Waals surface area contributed by atoms with E-state index in [9.17, 15) is 9.59 Å². The van der Waals surface area contributed by atoms with Gasteiger partial charge < -0.3 is 10.1 Å². The van der Waals surface area contributed by atoms with Gasteiger partial charge in [-0.2, -0.15) is 0 Å². The number of carbonyl (C=O) groups excluding carboxylic acids is 1. The molecule has 29 heavy (non-hydrogen) atoms. The van der Waals surface area contributed by atoms with E-state index in [4.69, 9.17) is 4.74 Å². The quantitative estimate of drug-likeness (QED) is 0.330. The van der Waals surface area contributed by atoms with E-state index >= 15 is 0 Å². The normalized spacial score (nSPS) is 11.0. The summed E-state index contributed by atoms with van der Waals surface area (Å²) in [4.78, 5) is 30.0. The summed E-state index contributed by atoms with van der Waals surface area (Å²) in [6, 6.07) is 15.1. The topological polar surface area (TPSA) is 73.2 Å². The van der Waals surface area contributed by atoms with E-state index in [1.54, 1.807) is 17.7 Å². The van der Waals surface area contributed by atoms with Gasteiger partial charge in [0.25, 0.3) is 5.56 Å². The molecule has 1 heterocycles. The first-order valence-electron chi connectivity index (χ1n) is 9.62. The number of benzene rings is 2. The number of ether oxygens (including phenoxy) is 1. The second kappa shape index (κ2) is 10.2. The van der Waals surface area contributed by atoms with Gasteiger partial charge in [0, 0.05) is 25.9 Å². The highest BCUT2D eigenvalue weighted by Crippen LogP contribution is 2.19. The molecule has 7 heteroatoms. The summed E-state index contributed by atoms with van der Waals surface area (Å²) < 4.78 is 6.74. The zero-order chi connectivity index (χ0) is 20.6. The van der Waals surface area contributed by atoms with Crippen LogP contribution in [0.5, 0.6) is 0 Å². The number of para-hydroxylation sites is 1. The van der Waals surface area contributed by atoms with Gasteiger partial charge in [-0.15, -0.1) is 0 Å². The van der Waals surface area contributed by atoms with Crippen molar-refractivity contribution in [1.82, 2.24) is 9.55 Å². The van der Waals surface area contributed by atoms with Crippen molar-refractivity contribution in [2.75, 3.05) is 24.8 Å². The highest BCUT2D eigenvalue weighted by molar-refractivity contribution is 7.99. The van der Waals surface area contributed by atoms with Crippen LogP contribution < -0.4 is 10.9 Å². The lowest BCUT2D eigenvalue weighted by molar-refractivity contribution is -0.113. The van der Waals surface area contributed by atoms with Crippen molar-refractivity contribution in [2.45, 2.75) is 31.5 Å². The number of fused-ring (bicyclic) bond motifs is 1. The van der Waals surface area contributed by atoms with Gasteiger partial charge in [0.1, 0.15) is 0 Å². The summed E-state index contributed by atoms with van der Waals surface area (Å²) in [5, 5.41) is 4.04. The number of anilines is 1. The molecule has 0 aliphatic carbocycles. The summed E-state index contributed by atoms with van der Waals surface area (Å²) in [5.74, 6) is 0.0416. The van der Waals surface area contributed by atoms with Crippen LogP contribution in [-0.2, 0) is 22.5 Å². The molecule has 6 nitrogen and oxygen atoms in total. The summed E-state index contributed by atoms with van der Waals surface area (Å²) >= 11 is 1.27. The van der Waals surface area contributed by atoms with Gasteiger partial charge in [0.2, 0.25) is 5.91 Å². The molecule has 152 valence electrons. The second-order valence-corrected chi connectivity index (χ2v) is 7.55. The van der Waals surface area contributed by atoms with E-state index in [2.05, 4.69) is 17.2 Å². The van der Waals surface area contributed by atoms with E-state index < -0.39 is 0 Å². The molecule has 3 aromatic rings. The van der Waals surface area contributed by atoms with Crippen LogP contribution >= 0.6 is 11.8 Å². The highest BCUT2D eigenvalue weighted by atomic mass is 32.2. The van der Waals surface area contributed by atoms with Crippen LogP contribution in [0.2, 0.25) is 0 Å². The van der Waals surface area contributed by atoms with E-state index in [-0.39, 0.29) is 17.2 Å². The van der Waals surface area contributed by atoms with Gasteiger partial charge >= 0.3 is 0 Å². The van der Waals surface area contributed by atoms with Crippen molar-refractivity contribution in [1.29, 1.82) is 0 Å². The molecule has 0 aliphatic heterocycles. The van der Waals surface area contributed by atoms with Crippen LogP contribution in [0.15, 0.2) is 58.5 Å². The molecule has 0 radical (unpaired) electrons. The minimum atomic E-state index is -0.130. The van der Waals surface area contributed by atoms with Gasteiger partial charge in [-0.05, 0) is 42.7 Å². The number of carbonyl (C=O) groups is 1. The van der Waals surface area contributed by atoms with Gasteiger partial charge in [0.05, 0.1) is 16.7 Å². The van der Waals surface area contributed by atoms with Crippen molar-refractivity contribution in [2.24, 2.45) is 0 Å². The molecule has 0 atom stereocenters. The number of nitrogens with one attached hydrogen (secondary N) is 1. The average molecular weight is 412 g/mol. The molecule has 1 aromatic heterocycles. The predicted octanol–water partition coefficient (Wildman–Crippen LogP) is 3.73. The predicted molar refractivity (Wildman–Crippen MR) is 118 cm³/mol. The standard InChI is InChI=1S/C22H25N3O3S/c1-3-16-8-6-9-17(14-16)23-20(26)15-29-22-24-19-11-5-4-10-18(19)21(27)25(22)12-7-13-28-2/h4-6,8-11,14H,3,7,12-13,15H2,1-2H3,(H,23,26). The van der Waals surface area contributed by atoms with Crippen molar-refractivity contribution >= 4 is 34.3 Å². The van der Waals surface area contributed by atoms with Crippen LogP contribution in [0, 0.1) is 0 Å². The Balaban J connectivity index is 1.77. The Morgan fingerprint density at radius 1 is 1.21 bits per heavy atom. The molecule has 1 N–H and O–H groups in total. The Morgan fingerprint density at radius 2 is 2.03 bits per heavy atom. The molecule has 0 fully saturated rings. The van der Waals surface area contributed by atoms with Gasteiger partial charge in [0.15, 0.2) is 5.16 Å². The number of thioether (sulfide) groups is 1. The Labute approximate surface area is 174 Å². The SMILES string of the molecule is CCc1cccc(NC(=O)CSc2nc3ccccc3c(=O)n2CCCOC)c1. The number of amides is 1. The van der Waals surface area contributed by atoms with Gasteiger partial charge in [-0.3, -0.25) is 14.2 Å². The molecule has 2 aromatic carbocycles. The Hall–Kier alpha value is -2.64. The molecular formula is C22H25N3O3S.